The maximum Gasteiger partial charge on any atom is 0.219 e. The lowest BCUT2D eigenvalue weighted by atomic mass is 10.0. The number of rotatable bonds is 8. The van der Waals surface area contributed by atoms with Crippen LogP contribution in [0.1, 0.15) is 30.9 Å². The zero-order valence-electron chi connectivity index (χ0n) is 18.3. The molecule has 9 heteroatoms. The number of aliphatic imine (C=N–C) groups is 1. The van der Waals surface area contributed by atoms with Crippen molar-refractivity contribution in [3.63, 3.8) is 0 Å². The van der Waals surface area contributed by atoms with Crippen LogP contribution in [0.3, 0.4) is 0 Å². The molecule has 3 aromatic rings. The molecular formula is C23H28FIN4O3. The minimum Gasteiger partial charge on any atom is -0.463 e. The summed E-state index contributed by atoms with van der Waals surface area (Å²) in [6.45, 7) is 6.79. The van der Waals surface area contributed by atoms with Gasteiger partial charge in [-0.2, -0.15) is 0 Å². The van der Waals surface area contributed by atoms with Crippen molar-refractivity contribution in [2.45, 2.75) is 32.9 Å². The number of hydrogen-bond donors (Lipinski definition) is 3. The number of aryl methyl sites for hydroxylation is 1. The van der Waals surface area contributed by atoms with Crippen LogP contribution in [0.25, 0.3) is 0 Å². The molecule has 1 atom stereocenters. The Bertz CT molecular complexity index is 1000. The third-order valence-electron chi connectivity index (χ3n) is 4.47. The third kappa shape index (κ3) is 7.49. The maximum atomic E-state index is 13.0. The Hall–Kier alpha value is -2.66. The van der Waals surface area contributed by atoms with Crippen LogP contribution in [0.15, 0.2) is 64.1 Å². The monoisotopic (exact) mass is 554 g/mol. The van der Waals surface area contributed by atoms with Crippen molar-refractivity contribution < 1.29 is 18.7 Å². The van der Waals surface area contributed by atoms with E-state index in [1.807, 2.05) is 26.0 Å². The Kier molecular flexibility index (Phi) is 9.45. The predicted octanol–water partition coefficient (Wildman–Crippen LogP) is 4.50. The molecular weight excluding hydrogens is 526 g/mol. The van der Waals surface area contributed by atoms with Gasteiger partial charge in [0.05, 0.1) is 13.1 Å². The molecule has 1 unspecified atom stereocenters. The Morgan fingerprint density at radius 3 is 2.50 bits per heavy atom. The van der Waals surface area contributed by atoms with Gasteiger partial charge in [0, 0.05) is 18.8 Å². The highest BCUT2D eigenvalue weighted by Crippen LogP contribution is 2.22. The molecule has 0 fully saturated rings. The van der Waals surface area contributed by atoms with Crippen LogP contribution in [-0.4, -0.2) is 29.1 Å². The van der Waals surface area contributed by atoms with Crippen molar-refractivity contribution in [3.05, 3.63) is 77.6 Å². The molecule has 0 radical (unpaired) electrons. The van der Waals surface area contributed by atoms with E-state index in [9.17, 15) is 9.50 Å². The molecule has 0 saturated heterocycles. The van der Waals surface area contributed by atoms with E-state index in [-0.39, 0.29) is 36.3 Å². The van der Waals surface area contributed by atoms with Crippen molar-refractivity contribution in [2.75, 3.05) is 13.1 Å². The summed E-state index contributed by atoms with van der Waals surface area (Å²) in [5.74, 6) is 2.41. The molecule has 0 bridgehead atoms. The van der Waals surface area contributed by atoms with Gasteiger partial charge < -0.3 is 24.9 Å². The van der Waals surface area contributed by atoms with Gasteiger partial charge in [0.1, 0.15) is 28.7 Å². The van der Waals surface area contributed by atoms with Gasteiger partial charge in [-0.1, -0.05) is 6.07 Å². The van der Waals surface area contributed by atoms with Gasteiger partial charge in [-0.05, 0) is 62.7 Å². The second-order valence-electron chi connectivity index (χ2n) is 7.29. The van der Waals surface area contributed by atoms with E-state index < -0.39 is 5.60 Å². The predicted molar refractivity (Wildman–Crippen MR) is 132 cm³/mol. The van der Waals surface area contributed by atoms with Crippen molar-refractivity contribution in [1.82, 2.24) is 15.6 Å². The minimum atomic E-state index is -1.18. The molecule has 32 heavy (non-hydrogen) atoms. The number of furan rings is 1. The Labute approximate surface area is 204 Å². The lowest BCUT2D eigenvalue weighted by molar-refractivity contribution is 0.0378. The fourth-order valence-corrected chi connectivity index (χ4v) is 2.77. The molecule has 0 aliphatic rings. The standard InChI is InChI=1S/C23H27FN4O3.HI/c1-4-25-22(28-15-23(3,29)20-11-5-16(2)30-20)27-14-17-6-12-21(26-13-17)31-19-9-7-18(24)8-10-19;/h5-13,29H,4,14-15H2,1-3H3,(H2,25,27,28);1H. The van der Waals surface area contributed by atoms with Gasteiger partial charge in [0.15, 0.2) is 5.96 Å². The number of hydrogen-bond acceptors (Lipinski definition) is 5. The van der Waals surface area contributed by atoms with Crippen LogP contribution in [0.2, 0.25) is 0 Å². The molecule has 0 aliphatic heterocycles. The first kappa shape index (κ1) is 25.6. The molecule has 3 N–H and O–H groups in total. The van der Waals surface area contributed by atoms with E-state index in [0.29, 0.717) is 36.4 Å². The van der Waals surface area contributed by atoms with Crippen molar-refractivity contribution >= 4 is 29.9 Å². The number of aromatic nitrogens is 1. The van der Waals surface area contributed by atoms with Crippen LogP contribution < -0.4 is 15.4 Å². The summed E-state index contributed by atoms with van der Waals surface area (Å²) < 4.78 is 24.1. The number of nitrogens with zero attached hydrogens (tertiary/aromatic N) is 2. The Morgan fingerprint density at radius 1 is 1.16 bits per heavy atom. The highest BCUT2D eigenvalue weighted by molar-refractivity contribution is 14.0. The van der Waals surface area contributed by atoms with Gasteiger partial charge in [0.25, 0.3) is 0 Å². The quantitative estimate of drug-likeness (QED) is 0.216. The van der Waals surface area contributed by atoms with E-state index >= 15 is 0 Å². The zero-order chi connectivity index (χ0) is 22.3. The van der Waals surface area contributed by atoms with Crippen LogP contribution in [0.5, 0.6) is 11.6 Å². The number of aliphatic hydroxyl groups is 1. The molecule has 2 aromatic heterocycles. The van der Waals surface area contributed by atoms with E-state index in [4.69, 9.17) is 9.15 Å². The summed E-state index contributed by atoms with van der Waals surface area (Å²) >= 11 is 0. The van der Waals surface area contributed by atoms with E-state index in [2.05, 4.69) is 20.6 Å². The molecule has 0 saturated carbocycles. The normalized spacial score (nSPS) is 13.1. The largest absolute Gasteiger partial charge is 0.463 e. The summed E-state index contributed by atoms with van der Waals surface area (Å²) in [5.41, 5.74) is -0.289. The summed E-state index contributed by atoms with van der Waals surface area (Å²) in [7, 11) is 0. The highest BCUT2D eigenvalue weighted by Gasteiger charge is 2.27. The van der Waals surface area contributed by atoms with Crippen LogP contribution >= 0.6 is 24.0 Å². The lowest BCUT2D eigenvalue weighted by Crippen LogP contribution is -2.44. The van der Waals surface area contributed by atoms with Crippen molar-refractivity contribution in [2.24, 2.45) is 4.99 Å². The van der Waals surface area contributed by atoms with E-state index in [1.54, 1.807) is 37.4 Å². The summed E-state index contributed by atoms with van der Waals surface area (Å²) in [6, 6.07) is 12.9. The fraction of sp³-hybridized carbons (Fsp3) is 0.304. The topological polar surface area (TPSA) is 91.9 Å². The molecule has 1 aromatic carbocycles. The molecule has 3 rings (SSSR count). The molecule has 172 valence electrons. The van der Waals surface area contributed by atoms with Gasteiger partial charge in [-0.15, -0.1) is 24.0 Å². The Morgan fingerprint density at radius 2 is 1.91 bits per heavy atom. The van der Waals surface area contributed by atoms with Crippen molar-refractivity contribution in [3.8, 4) is 11.6 Å². The second-order valence-corrected chi connectivity index (χ2v) is 7.29. The molecule has 7 nitrogen and oxygen atoms in total. The minimum absolute atomic E-state index is 0. The van der Waals surface area contributed by atoms with Crippen LogP contribution in [-0.2, 0) is 12.1 Å². The number of benzene rings is 1. The van der Waals surface area contributed by atoms with Gasteiger partial charge in [-0.25, -0.2) is 14.4 Å². The summed E-state index contributed by atoms with van der Waals surface area (Å²) in [5, 5.41) is 17.0. The number of halogens is 2. The van der Waals surface area contributed by atoms with Gasteiger partial charge in [0.2, 0.25) is 5.88 Å². The summed E-state index contributed by atoms with van der Waals surface area (Å²) in [6.07, 6.45) is 1.67. The van der Waals surface area contributed by atoms with E-state index in [0.717, 1.165) is 11.3 Å². The molecule has 0 amide bonds. The van der Waals surface area contributed by atoms with Crippen LogP contribution in [0, 0.1) is 12.7 Å². The fourth-order valence-electron chi connectivity index (χ4n) is 2.77. The lowest BCUT2D eigenvalue weighted by Gasteiger charge is -2.22. The zero-order valence-corrected chi connectivity index (χ0v) is 20.6. The molecule has 0 aliphatic carbocycles. The second kappa shape index (κ2) is 11.8. The first-order chi connectivity index (χ1) is 14.9. The average molecular weight is 554 g/mol. The third-order valence-corrected chi connectivity index (χ3v) is 4.47. The molecule has 2 heterocycles. The SMILES string of the molecule is CCNC(=NCc1ccc(Oc2ccc(F)cc2)nc1)NCC(C)(O)c1ccc(C)o1.I. The van der Waals surface area contributed by atoms with Crippen molar-refractivity contribution in [1.29, 1.82) is 0 Å². The molecule has 0 spiro atoms. The number of guanidine groups is 1. The van der Waals surface area contributed by atoms with Crippen LogP contribution in [0.4, 0.5) is 4.39 Å². The van der Waals surface area contributed by atoms with E-state index in [1.165, 1.54) is 12.1 Å². The smallest absolute Gasteiger partial charge is 0.219 e. The maximum absolute atomic E-state index is 13.0. The Balaban J connectivity index is 0.00000363. The number of pyridine rings is 1. The first-order valence-corrected chi connectivity index (χ1v) is 10.1. The van der Waals surface area contributed by atoms with Gasteiger partial charge >= 0.3 is 0 Å². The average Bonchev–Trinajstić information content (AvgIpc) is 3.20. The summed E-state index contributed by atoms with van der Waals surface area (Å²) in [4.78, 5) is 8.81. The first-order valence-electron chi connectivity index (χ1n) is 10.1. The van der Waals surface area contributed by atoms with Gasteiger partial charge in [-0.3, -0.25) is 0 Å². The number of ether oxygens (including phenoxy) is 1. The highest BCUT2D eigenvalue weighted by atomic mass is 127. The number of nitrogens with one attached hydrogen (secondary N) is 2.